The third-order valence-corrected chi connectivity index (χ3v) is 4.51. The number of nitro benzene ring substituents is 1. The molecule has 0 aliphatic carbocycles. The highest BCUT2D eigenvalue weighted by Gasteiger charge is 2.34. The van der Waals surface area contributed by atoms with Gasteiger partial charge in [0.25, 0.3) is 11.2 Å². The van der Waals surface area contributed by atoms with Gasteiger partial charge in [-0.3, -0.25) is 14.9 Å². The number of nitrogen functional groups attached to an aromatic ring is 1. The highest BCUT2D eigenvalue weighted by molar-refractivity contribution is 9.10. The highest BCUT2D eigenvalue weighted by atomic mass is 79.9. The summed E-state index contributed by atoms with van der Waals surface area (Å²) in [6, 6.07) is 0.990. The number of carboxylic acid groups (broad SMARTS) is 2. The standard InChI is InChI=1S/C15H12BrN3O9/c1-27-5-3-4(19(25)26)10(16)7(11(5)28-2)6-8(14(21)22)12(17)18-13(20)9(6)15(23)24/h3H,1-2H3,(H,21,22)(H,23,24)(H3,17,18,20). The summed E-state index contributed by atoms with van der Waals surface area (Å²) in [7, 11) is 2.32. The van der Waals surface area contributed by atoms with E-state index in [-0.39, 0.29) is 21.5 Å². The Balaban J connectivity index is 3.26. The van der Waals surface area contributed by atoms with E-state index in [1.807, 2.05) is 4.98 Å². The van der Waals surface area contributed by atoms with E-state index in [2.05, 4.69) is 15.9 Å². The third kappa shape index (κ3) is 3.22. The Labute approximate surface area is 163 Å². The zero-order chi connectivity index (χ0) is 21.3. The van der Waals surface area contributed by atoms with Crippen molar-refractivity contribution in [2.24, 2.45) is 0 Å². The molecule has 0 spiro atoms. The molecule has 5 N–H and O–H groups in total. The van der Waals surface area contributed by atoms with E-state index in [0.29, 0.717) is 0 Å². The number of nitrogens with two attached hydrogens (primary N) is 1. The van der Waals surface area contributed by atoms with E-state index in [4.69, 9.17) is 15.2 Å². The second kappa shape index (κ2) is 7.56. The monoisotopic (exact) mass is 457 g/mol. The predicted octanol–water partition coefficient (Wildman–Crippen LogP) is 1.71. The number of aromatic carboxylic acids is 2. The molecule has 0 amide bonds. The summed E-state index contributed by atoms with van der Waals surface area (Å²) in [6.07, 6.45) is 0. The van der Waals surface area contributed by atoms with Crippen molar-refractivity contribution in [3.8, 4) is 22.6 Å². The molecular formula is C15H12BrN3O9. The first-order valence-electron chi connectivity index (χ1n) is 7.18. The number of halogens is 1. The number of hydrogen-bond acceptors (Lipinski definition) is 8. The summed E-state index contributed by atoms with van der Waals surface area (Å²) in [4.78, 5) is 48.2. The van der Waals surface area contributed by atoms with Crippen molar-refractivity contribution in [3.63, 3.8) is 0 Å². The minimum atomic E-state index is -1.78. The molecule has 1 aromatic heterocycles. The van der Waals surface area contributed by atoms with Gasteiger partial charge in [-0.05, 0) is 15.9 Å². The number of H-pyrrole nitrogens is 1. The number of aromatic nitrogens is 1. The molecule has 2 aromatic rings. The van der Waals surface area contributed by atoms with Crippen molar-refractivity contribution in [3.05, 3.63) is 42.1 Å². The van der Waals surface area contributed by atoms with E-state index >= 15 is 0 Å². The van der Waals surface area contributed by atoms with Crippen LogP contribution in [0.3, 0.4) is 0 Å². The van der Waals surface area contributed by atoms with Crippen LogP contribution in [-0.4, -0.2) is 46.3 Å². The molecule has 1 aromatic carbocycles. The van der Waals surface area contributed by atoms with E-state index in [1.54, 1.807) is 0 Å². The SMILES string of the molecule is COc1cc([N+](=O)[O-])c(Br)c(-c2c(C(=O)O)c(N)[nH]c(=O)c2C(=O)O)c1OC. The van der Waals surface area contributed by atoms with Crippen LogP contribution in [0.25, 0.3) is 11.1 Å². The molecule has 1 heterocycles. The summed E-state index contributed by atoms with van der Waals surface area (Å²) in [5.74, 6) is -4.53. The van der Waals surface area contributed by atoms with E-state index in [0.717, 1.165) is 13.2 Å². The van der Waals surface area contributed by atoms with Crippen molar-refractivity contribution in [1.82, 2.24) is 4.98 Å². The Bertz CT molecular complexity index is 1080. The van der Waals surface area contributed by atoms with Crippen molar-refractivity contribution in [2.45, 2.75) is 0 Å². The molecule has 0 saturated heterocycles. The van der Waals surface area contributed by atoms with Gasteiger partial charge in [0.15, 0.2) is 11.5 Å². The Kier molecular flexibility index (Phi) is 5.59. The molecule has 0 atom stereocenters. The molecule has 0 unspecified atom stereocenters. The lowest BCUT2D eigenvalue weighted by atomic mass is 9.94. The fourth-order valence-corrected chi connectivity index (χ4v) is 3.25. The molecule has 12 nitrogen and oxygen atoms in total. The molecule has 0 fully saturated rings. The van der Waals surface area contributed by atoms with Crippen LogP contribution < -0.4 is 20.8 Å². The molecule has 0 aliphatic heterocycles. The summed E-state index contributed by atoms with van der Waals surface area (Å²) >= 11 is 2.97. The van der Waals surface area contributed by atoms with Crippen LogP contribution in [0.4, 0.5) is 11.5 Å². The largest absolute Gasteiger partial charge is 0.493 e. The summed E-state index contributed by atoms with van der Waals surface area (Å²) in [6.45, 7) is 0. The number of anilines is 1. The van der Waals surface area contributed by atoms with Gasteiger partial charge in [0.2, 0.25) is 0 Å². The molecule has 13 heteroatoms. The van der Waals surface area contributed by atoms with Crippen LogP contribution in [0.1, 0.15) is 20.7 Å². The Morgan fingerprint density at radius 2 is 1.75 bits per heavy atom. The summed E-state index contributed by atoms with van der Waals surface area (Å²) < 4.78 is 9.88. The number of nitrogens with zero attached hydrogens (tertiary/aromatic N) is 1. The first-order valence-corrected chi connectivity index (χ1v) is 7.97. The molecule has 0 radical (unpaired) electrons. The number of methoxy groups -OCH3 is 2. The van der Waals surface area contributed by atoms with E-state index < -0.39 is 50.6 Å². The smallest absolute Gasteiger partial charge is 0.342 e. The Morgan fingerprint density at radius 3 is 2.18 bits per heavy atom. The minimum Gasteiger partial charge on any atom is -0.493 e. The number of nitrogens with one attached hydrogen (secondary N) is 1. The van der Waals surface area contributed by atoms with Gasteiger partial charge in [-0.25, -0.2) is 9.59 Å². The number of nitro groups is 1. The molecule has 28 heavy (non-hydrogen) atoms. The first kappa shape index (κ1) is 20.7. The maximum Gasteiger partial charge on any atom is 0.342 e. The maximum atomic E-state index is 12.2. The maximum absolute atomic E-state index is 12.2. The van der Waals surface area contributed by atoms with Gasteiger partial charge in [-0.15, -0.1) is 0 Å². The fourth-order valence-electron chi connectivity index (χ4n) is 2.61. The van der Waals surface area contributed by atoms with Gasteiger partial charge < -0.3 is 30.4 Å². The van der Waals surface area contributed by atoms with Gasteiger partial charge in [0.05, 0.1) is 30.8 Å². The number of aromatic amines is 1. The number of carboxylic acids is 2. The van der Waals surface area contributed by atoms with Crippen LogP contribution in [0, 0.1) is 10.1 Å². The van der Waals surface area contributed by atoms with Gasteiger partial charge in [-0.1, -0.05) is 0 Å². The van der Waals surface area contributed by atoms with Gasteiger partial charge in [-0.2, -0.15) is 0 Å². The predicted molar refractivity (Wildman–Crippen MR) is 98.3 cm³/mol. The molecular weight excluding hydrogens is 446 g/mol. The zero-order valence-corrected chi connectivity index (χ0v) is 15.8. The lowest BCUT2D eigenvalue weighted by Crippen LogP contribution is -2.24. The Hall–Kier alpha value is -3.61. The van der Waals surface area contributed by atoms with Crippen molar-refractivity contribution >= 4 is 39.4 Å². The number of rotatable bonds is 6. The molecule has 0 saturated carbocycles. The van der Waals surface area contributed by atoms with Gasteiger partial charge >= 0.3 is 11.9 Å². The second-order valence-corrected chi connectivity index (χ2v) is 5.97. The number of pyridine rings is 1. The normalized spacial score (nSPS) is 10.4. The quantitative estimate of drug-likeness (QED) is 0.365. The number of benzene rings is 1. The van der Waals surface area contributed by atoms with Crippen LogP contribution in [-0.2, 0) is 0 Å². The number of carbonyl (C=O) groups is 2. The van der Waals surface area contributed by atoms with E-state index in [9.17, 15) is 34.7 Å². The number of ether oxygens (including phenoxy) is 2. The van der Waals surface area contributed by atoms with Crippen molar-refractivity contribution in [1.29, 1.82) is 0 Å². The van der Waals surface area contributed by atoms with Gasteiger partial charge in [0, 0.05) is 5.56 Å². The minimum absolute atomic E-state index is 0.195. The van der Waals surface area contributed by atoms with Gasteiger partial charge in [0.1, 0.15) is 21.4 Å². The fraction of sp³-hybridized carbons (Fsp3) is 0.133. The first-order chi connectivity index (χ1) is 13.1. The average molecular weight is 458 g/mol. The molecule has 2 rings (SSSR count). The topological polar surface area (TPSA) is 195 Å². The Morgan fingerprint density at radius 1 is 1.18 bits per heavy atom. The summed E-state index contributed by atoms with van der Waals surface area (Å²) in [5.41, 5.74) is 0.967. The van der Waals surface area contributed by atoms with Crippen LogP contribution in [0.15, 0.2) is 15.3 Å². The number of hydrogen-bond donors (Lipinski definition) is 4. The highest BCUT2D eigenvalue weighted by Crippen LogP contribution is 2.49. The second-order valence-electron chi connectivity index (χ2n) is 5.18. The van der Waals surface area contributed by atoms with Crippen molar-refractivity contribution < 1.29 is 34.2 Å². The van der Waals surface area contributed by atoms with E-state index in [1.165, 1.54) is 7.11 Å². The van der Waals surface area contributed by atoms with Crippen LogP contribution in [0.5, 0.6) is 11.5 Å². The third-order valence-electron chi connectivity index (χ3n) is 3.71. The molecule has 0 aliphatic rings. The lowest BCUT2D eigenvalue weighted by molar-refractivity contribution is -0.385. The summed E-state index contributed by atoms with van der Waals surface area (Å²) in [5, 5.41) is 30.4. The molecule has 0 bridgehead atoms. The lowest BCUT2D eigenvalue weighted by Gasteiger charge is -2.18. The molecule has 148 valence electrons. The zero-order valence-electron chi connectivity index (χ0n) is 14.2. The van der Waals surface area contributed by atoms with Crippen molar-refractivity contribution in [2.75, 3.05) is 20.0 Å². The van der Waals surface area contributed by atoms with Crippen LogP contribution >= 0.6 is 15.9 Å². The average Bonchev–Trinajstić information content (AvgIpc) is 2.59. The van der Waals surface area contributed by atoms with Crippen LogP contribution in [0.2, 0.25) is 0 Å².